The highest BCUT2D eigenvalue weighted by Crippen LogP contribution is 2.14. The van der Waals surface area contributed by atoms with Crippen LogP contribution in [0.2, 0.25) is 5.02 Å². The number of hydrogen-bond acceptors (Lipinski definition) is 2. The van der Waals surface area contributed by atoms with Crippen molar-refractivity contribution in [3.8, 4) is 0 Å². The van der Waals surface area contributed by atoms with Gasteiger partial charge in [-0.05, 0) is 29.8 Å². The van der Waals surface area contributed by atoms with Gasteiger partial charge in [-0.2, -0.15) is 0 Å². The van der Waals surface area contributed by atoms with E-state index in [0.29, 0.717) is 10.6 Å². The molecule has 0 heterocycles. The third-order valence-corrected chi connectivity index (χ3v) is 3.05. The van der Waals surface area contributed by atoms with Crippen LogP contribution in [0.15, 0.2) is 54.6 Å². The first-order valence-corrected chi connectivity index (χ1v) is 6.30. The molecule has 3 nitrogen and oxygen atoms in total. The molecule has 2 rings (SSSR count). The molecule has 2 N–H and O–H groups in total. The van der Waals surface area contributed by atoms with E-state index in [-0.39, 0.29) is 12.5 Å². The van der Waals surface area contributed by atoms with Crippen LogP contribution in [0.1, 0.15) is 22.0 Å². The van der Waals surface area contributed by atoms with Crippen molar-refractivity contribution in [2.24, 2.45) is 0 Å². The second kappa shape index (κ2) is 6.36. The lowest BCUT2D eigenvalue weighted by Crippen LogP contribution is -2.30. The topological polar surface area (TPSA) is 49.3 Å². The van der Waals surface area contributed by atoms with Gasteiger partial charge < -0.3 is 10.4 Å². The number of nitrogens with one attached hydrogen (secondary N) is 1. The molecule has 1 atom stereocenters. The van der Waals surface area contributed by atoms with E-state index >= 15 is 0 Å². The molecule has 4 heteroatoms. The Balaban J connectivity index is 2.10. The van der Waals surface area contributed by atoms with Crippen LogP contribution in [0, 0.1) is 0 Å². The van der Waals surface area contributed by atoms with Crippen LogP contribution < -0.4 is 5.32 Å². The maximum Gasteiger partial charge on any atom is 0.251 e. The fraction of sp³-hybridized carbons (Fsp3) is 0.133. The minimum absolute atomic E-state index is 0.149. The Hall–Kier alpha value is -1.84. The number of benzene rings is 2. The molecule has 0 radical (unpaired) electrons. The average Bonchev–Trinajstić information content (AvgIpc) is 2.46. The van der Waals surface area contributed by atoms with Crippen LogP contribution in [0.5, 0.6) is 0 Å². The number of amides is 1. The minimum Gasteiger partial charge on any atom is -0.394 e. The first kappa shape index (κ1) is 13.6. The van der Waals surface area contributed by atoms with Gasteiger partial charge in [0, 0.05) is 10.6 Å². The van der Waals surface area contributed by atoms with Gasteiger partial charge in [0.05, 0.1) is 12.6 Å². The summed E-state index contributed by atoms with van der Waals surface area (Å²) in [6.07, 6.45) is 0. The van der Waals surface area contributed by atoms with E-state index in [2.05, 4.69) is 5.32 Å². The third-order valence-electron chi connectivity index (χ3n) is 2.80. The highest BCUT2D eigenvalue weighted by atomic mass is 35.5. The summed E-state index contributed by atoms with van der Waals surface area (Å²) in [5.74, 6) is -0.237. The Labute approximate surface area is 116 Å². The molecule has 19 heavy (non-hydrogen) atoms. The molecular formula is C15H14ClNO2. The van der Waals surface area contributed by atoms with Crippen molar-refractivity contribution in [3.63, 3.8) is 0 Å². The molecule has 0 aliphatic rings. The predicted molar refractivity (Wildman–Crippen MR) is 75.2 cm³/mol. The standard InChI is InChI=1S/C15H14ClNO2/c16-13-8-6-12(7-9-13)15(19)17-14(10-18)11-4-2-1-3-5-11/h1-9,14,18H,10H2,(H,17,19). The van der Waals surface area contributed by atoms with E-state index in [9.17, 15) is 9.90 Å². The van der Waals surface area contributed by atoms with Crippen LogP contribution in [0.4, 0.5) is 0 Å². The van der Waals surface area contributed by atoms with E-state index in [1.54, 1.807) is 24.3 Å². The zero-order valence-corrected chi connectivity index (χ0v) is 11.0. The SMILES string of the molecule is O=C(NC(CO)c1ccccc1)c1ccc(Cl)cc1. The second-order valence-electron chi connectivity index (χ2n) is 4.13. The summed E-state index contributed by atoms with van der Waals surface area (Å²) >= 11 is 5.77. The zero-order valence-electron chi connectivity index (χ0n) is 10.2. The summed E-state index contributed by atoms with van der Waals surface area (Å²) < 4.78 is 0. The Morgan fingerprint density at radius 2 is 1.74 bits per heavy atom. The molecule has 0 fully saturated rings. The lowest BCUT2D eigenvalue weighted by molar-refractivity contribution is 0.0916. The normalized spacial score (nSPS) is 11.9. The van der Waals surface area contributed by atoms with Gasteiger partial charge in [0.25, 0.3) is 5.91 Å². The summed E-state index contributed by atoms with van der Waals surface area (Å²) in [5, 5.41) is 12.8. The second-order valence-corrected chi connectivity index (χ2v) is 4.56. The molecule has 0 aromatic heterocycles. The molecule has 0 saturated carbocycles. The number of carbonyl (C=O) groups excluding carboxylic acids is 1. The molecule has 0 spiro atoms. The number of halogens is 1. The van der Waals surface area contributed by atoms with Gasteiger partial charge in [0.15, 0.2) is 0 Å². The van der Waals surface area contributed by atoms with Crippen molar-refractivity contribution in [3.05, 3.63) is 70.7 Å². The number of carbonyl (C=O) groups is 1. The highest BCUT2D eigenvalue weighted by molar-refractivity contribution is 6.30. The number of aliphatic hydroxyl groups excluding tert-OH is 1. The fourth-order valence-electron chi connectivity index (χ4n) is 1.76. The Kier molecular flexibility index (Phi) is 4.55. The minimum atomic E-state index is -0.413. The Bertz CT molecular complexity index is 540. The van der Waals surface area contributed by atoms with E-state index < -0.39 is 6.04 Å². The summed E-state index contributed by atoms with van der Waals surface area (Å²) in [7, 11) is 0. The Morgan fingerprint density at radius 1 is 1.11 bits per heavy atom. The van der Waals surface area contributed by atoms with Gasteiger partial charge in [-0.25, -0.2) is 0 Å². The summed E-state index contributed by atoms with van der Waals surface area (Å²) in [6, 6.07) is 15.6. The summed E-state index contributed by atoms with van der Waals surface area (Å²) in [4.78, 5) is 12.0. The molecule has 0 saturated heterocycles. The van der Waals surface area contributed by atoms with Crippen molar-refractivity contribution in [1.82, 2.24) is 5.32 Å². The molecule has 0 bridgehead atoms. The zero-order chi connectivity index (χ0) is 13.7. The lowest BCUT2D eigenvalue weighted by Gasteiger charge is -2.16. The van der Waals surface area contributed by atoms with Crippen LogP contribution >= 0.6 is 11.6 Å². The highest BCUT2D eigenvalue weighted by Gasteiger charge is 2.14. The van der Waals surface area contributed by atoms with Crippen LogP contribution in [0.25, 0.3) is 0 Å². The van der Waals surface area contributed by atoms with Crippen molar-refractivity contribution in [2.45, 2.75) is 6.04 Å². The van der Waals surface area contributed by atoms with E-state index in [1.165, 1.54) is 0 Å². The van der Waals surface area contributed by atoms with Crippen molar-refractivity contribution < 1.29 is 9.90 Å². The summed E-state index contributed by atoms with van der Waals surface area (Å²) in [5.41, 5.74) is 1.38. The lowest BCUT2D eigenvalue weighted by atomic mass is 10.1. The van der Waals surface area contributed by atoms with Gasteiger partial charge >= 0.3 is 0 Å². The molecule has 0 aliphatic heterocycles. The first-order chi connectivity index (χ1) is 9.20. The quantitative estimate of drug-likeness (QED) is 0.901. The van der Waals surface area contributed by atoms with Crippen LogP contribution in [0.3, 0.4) is 0 Å². The van der Waals surface area contributed by atoms with Gasteiger partial charge in [0.2, 0.25) is 0 Å². The average molecular weight is 276 g/mol. The van der Waals surface area contributed by atoms with Crippen molar-refractivity contribution in [1.29, 1.82) is 0 Å². The molecule has 1 unspecified atom stereocenters. The molecular weight excluding hydrogens is 262 g/mol. The maximum atomic E-state index is 12.0. The van der Waals surface area contributed by atoms with Crippen LogP contribution in [-0.4, -0.2) is 17.6 Å². The molecule has 0 aliphatic carbocycles. The van der Waals surface area contributed by atoms with Crippen LogP contribution in [-0.2, 0) is 0 Å². The van der Waals surface area contributed by atoms with E-state index in [1.807, 2.05) is 30.3 Å². The maximum absolute atomic E-state index is 12.0. The van der Waals surface area contributed by atoms with Gasteiger partial charge in [-0.1, -0.05) is 41.9 Å². The summed E-state index contributed by atoms with van der Waals surface area (Å²) in [6.45, 7) is -0.149. The van der Waals surface area contributed by atoms with E-state index in [4.69, 9.17) is 11.6 Å². The van der Waals surface area contributed by atoms with Crippen molar-refractivity contribution in [2.75, 3.05) is 6.61 Å². The number of hydrogen-bond donors (Lipinski definition) is 2. The monoisotopic (exact) mass is 275 g/mol. The largest absolute Gasteiger partial charge is 0.394 e. The Morgan fingerprint density at radius 3 is 2.32 bits per heavy atom. The number of rotatable bonds is 4. The number of aliphatic hydroxyl groups is 1. The predicted octanol–water partition coefficient (Wildman–Crippen LogP) is 2.80. The van der Waals surface area contributed by atoms with E-state index in [0.717, 1.165) is 5.56 Å². The van der Waals surface area contributed by atoms with Gasteiger partial charge in [0.1, 0.15) is 0 Å². The smallest absolute Gasteiger partial charge is 0.251 e. The van der Waals surface area contributed by atoms with Gasteiger partial charge in [-0.3, -0.25) is 4.79 Å². The molecule has 2 aromatic carbocycles. The molecule has 1 amide bonds. The first-order valence-electron chi connectivity index (χ1n) is 5.93. The van der Waals surface area contributed by atoms with Crippen molar-refractivity contribution >= 4 is 17.5 Å². The molecule has 98 valence electrons. The third kappa shape index (κ3) is 3.56. The van der Waals surface area contributed by atoms with Gasteiger partial charge in [-0.15, -0.1) is 0 Å². The molecule has 2 aromatic rings. The fourth-order valence-corrected chi connectivity index (χ4v) is 1.89.